The van der Waals surface area contributed by atoms with Crippen molar-refractivity contribution in [1.82, 2.24) is 19.9 Å². The second-order valence-electron chi connectivity index (χ2n) is 7.68. The van der Waals surface area contributed by atoms with Crippen molar-refractivity contribution in [2.45, 2.75) is 26.3 Å². The highest BCUT2D eigenvalue weighted by atomic mass is 32.1. The van der Waals surface area contributed by atoms with Gasteiger partial charge in [-0.15, -0.1) is 11.3 Å². The third-order valence-corrected chi connectivity index (χ3v) is 6.56. The summed E-state index contributed by atoms with van der Waals surface area (Å²) in [5.74, 6) is 1.35. The molecule has 0 N–H and O–H groups in total. The summed E-state index contributed by atoms with van der Waals surface area (Å²) >= 11 is 1.37. The summed E-state index contributed by atoms with van der Waals surface area (Å²) < 4.78 is 16.7. The monoisotopic (exact) mass is 442 g/mol. The molecule has 0 aliphatic carbocycles. The molecule has 0 saturated carbocycles. The molecule has 1 aliphatic rings. The van der Waals surface area contributed by atoms with Crippen molar-refractivity contribution in [3.63, 3.8) is 0 Å². The van der Waals surface area contributed by atoms with Gasteiger partial charge in [0, 0.05) is 38.4 Å². The maximum absolute atomic E-state index is 13.2. The summed E-state index contributed by atoms with van der Waals surface area (Å²) in [5, 5.41) is 0.812. The maximum atomic E-state index is 13.2. The van der Waals surface area contributed by atoms with E-state index in [4.69, 9.17) is 14.2 Å². The highest BCUT2D eigenvalue weighted by Gasteiger charge is 2.23. The van der Waals surface area contributed by atoms with E-state index >= 15 is 0 Å². The Labute approximate surface area is 185 Å². The number of aryl methyl sites for hydroxylation is 1. The lowest BCUT2D eigenvalue weighted by Crippen LogP contribution is -2.26. The zero-order valence-electron chi connectivity index (χ0n) is 18.0. The van der Waals surface area contributed by atoms with Crippen LogP contribution in [0.3, 0.4) is 0 Å². The molecule has 164 valence electrons. The fourth-order valence-electron chi connectivity index (χ4n) is 3.67. The third-order valence-electron chi connectivity index (χ3n) is 5.37. The molecule has 0 spiro atoms. The van der Waals surface area contributed by atoms with E-state index in [1.807, 2.05) is 19.1 Å². The average molecular weight is 443 g/mol. The molecule has 1 saturated heterocycles. The topological polar surface area (TPSA) is 86.7 Å². The lowest BCUT2D eigenvalue weighted by Gasteiger charge is -2.21. The average Bonchev–Trinajstić information content (AvgIpc) is 3.15. The SMILES string of the molecule is COc1cc(CN(C)C(=O)c2sc3ncnc(OCC4CCCOC4)c3c2C)ccn1. The number of thiophene rings is 1. The number of aromatic nitrogens is 3. The van der Waals surface area contributed by atoms with Crippen molar-refractivity contribution < 1.29 is 19.0 Å². The zero-order chi connectivity index (χ0) is 21.8. The lowest BCUT2D eigenvalue weighted by molar-refractivity contribution is 0.0347. The molecule has 1 unspecified atom stereocenters. The van der Waals surface area contributed by atoms with Crippen LogP contribution in [0, 0.1) is 12.8 Å². The van der Waals surface area contributed by atoms with Crippen molar-refractivity contribution in [2.24, 2.45) is 5.92 Å². The van der Waals surface area contributed by atoms with Gasteiger partial charge in [0.1, 0.15) is 11.2 Å². The van der Waals surface area contributed by atoms with E-state index in [0.29, 0.717) is 42.3 Å². The van der Waals surface area contributed by atoms with Crippen LogP contribution in [0.1, 0.15) is 33.6 Å². The molecule has 9 heteroatoms. The molecule has 1 aliphatic heterocycles. The van der Waals surface area contributed by atoms with Crippen LogP contribution in [0.25, 0.3) is 10.2 Å². The molecule has 4 heterocycles. The molecule has 1 atom stereocenters. The standard InChI is InChI=1S/C22H26N4O4S/c1-14-18-20(30-12-16-5-4-8-29-11-16)24-13-25-21(18)31-19(14)22(27)26(2)10-15-6-7-23-17(9-15)28-3/h6-7,9,13,16H,4-5,8,10-12H2,1-3H3. The number of ether oxygens (including phenoxy) is 3. The number of carbonyl (C=O) groups is 1. The van der Waals surface area contributed by atoms with Gasteiger partial charge in [-0.2, -0.15) is 0 Å². The normalized spacial score (nSPS) is 16.3. The lowest BCUT2D eigenvalue weighted by atomic mass is 10.0. The van der Waals surface area contributed by atoms with Gasteiger partial charge in [0.15, 0.2) is 0 Å². The Balaban J connectivity index is 1.53. The molecule has 1 amide bonds. The van der Waals surface area contributed by atoms with Crippen LogP contribution in [-0.2, 0) is 11.3 Å². The first kappa shape index (κ1) is 21.5. The molecule has 0 aromatic carbocycles. The Morgan fingerprint density at radius 1 is 1.35 bits per heavy atom. The van der Waals surface area contributed by atoms with Crippen LogP contribution in [0.15, 0.2) is 24.7 Å². The Kier molecular flexibility index (Phi) is 6.62. The number of hydrogen-bond acceptors (Lipinski definition) is 8. The predicted molar refractivity (Wildman–Crippen MR) is 118 cm³/mol. The van der Waals surface area contributed by atoms with Gasteiger partial charge >= 0.3 is 0 Å². The molecule has 1 fully saturated rings. The molecule has 8 nitrogen and oxygen atoms in total. The largest absolute Gasteiger partial charge is 0.481 e. The van der Waals surface area contributed by atoms with Gasteiger partial charge in [-0.1, -0.05) is 0 Å². The van der Waals surface area contributed by atoms with E-state index in [2.05, 4.69) is 15.0 Å². The van der Waals surface area contributed by atoms with E-state index in [-0.39, 0.29) is 5.91 Å². The number of methoxy groups -OCH3 is 1. The minimum absolute atomic E-state index is 0.0668. The predicted octanol–water partition coefficient (Wildman–Crippen LogP) is 3.48. The number of hydrogen-bond donors (Lipinski definition) is 0. The van der Waals surface area contributed by atoms with Crippen LogP contribution < -0.4 is 9.47 Å². The number of pyridine rings is 1. The van der Waals surface area contributed by atoms with Gasteiger partial charge in [-0.25, -0.2) is 15.0 Å². The first-order valence-corrected chi connectivity index (χ1v) is 11.1. The van der Waals surface area contributed by atoms with Gasteiger partial charge < -0.3 is 19.1 Å². The Hall–Kier alpha value is -2.78. The smallest absolute Gasteiger partial charge is 0.264 e. The summed E-state index contributed by atoms with van der Waals surface area (Å²) in [6, 6.07) is 3.70. The molecule has 0 bridgehead atoms. The van der Waals surface area contributed by atoms with E-state index < -0.39 is 0 Å². The second kappa shape index (κ2) is 9.57. The second-order valence-corrected chi connectivity index (χ2v) is 8.68. The van der Waals surface area contributed by atoms with E-state index in [1.54, 1.807) is 25.3 Å². The van der Waals surface area contributed by atoms with Crippen LogP contribution in [0.5, 0.6) is 11.8 Å². The van der Waals surface area contributed by atoms with Gasteiger partial charge in [-0.3, -0.25) is 4.79 Å². The van der Waals surface area contributed by atoms with Gasteiger partial charge in [0.25, 0.3) is 5.91 Å². The molecule has 3 aromatic rings. The Bertz CT molecular complexity index is 1060. The Morgan fingerprint density at radius 3 is 3.00 bits per heavy atom. The van der Waals surface area contributed by atoms with Crippen molar-refractivity contribution in [3.8, 4) is 11.8 Å². The third kappa shape index (κ3) is 4.77. The van der Waals surface area contributed by atoms with Crippen molar-refractivity contribution >= 4 is 27.5 Å². The maximum Gasteiger partial charge on any atom is 0.264 e. The van der Waals surface area contributed by atoms with E-state index in [9.17, 15) is 4.79 Å². The molecule has 0 radical (unpaired) electrons. The highest BCUT2D eigenvalue weighted by molar-refractivity contribution is 7.20. The summed E-state index contributed by atoms with van der Waals surface area (Å²) in [5.41, 5.74) is 1.79. The molecular formula is C22H26N4O4S. The summed E-state index contributed by atoms with van der Waals surface area (Å²) in [7, 11) is 3.36. The van der Waals surface area contributed by atoms with E-state index in [0.717, 1.165) is 40.8 Å². The quantitative estimate of drug-likeness (QED) is 0.554. The minimum Gasteiger partial charge on any atom is -0.481 e. The van der Waals surface area contributed by atoms with Crippen LogP contribution in [0.2, 0.25) is 0 Å². The fraction of sp³-hybridized carbons (Fsp3) is 0.455. The van der Waals surface area contributed by atoms with Crippen LogP contribution in [0.4, 0.5) is 0 Å². The number of fused-ring (bicyclic) bond motifs is 1. The van der Waals surface area contributed by atoms with E-state index in [1.165, 1.54) is 17.7 Å². The summed E-state index contributed by atoms with van der Waals surface area (Å²) in [6.07, 6.45) is 5.31. The molecule has 3 aromatic heterocycles. The summed E-state index contributed by atoms with van der Waals surface area (Å²) in [4.78, 5) is 29.1. The number of amides is 1. The van der Waals surface area contributed by atoms with Crippen molar-refractivity contribution in [3.05, 3.63) is 40.7 Å². The molecule has 4 rings (SSSR count). The van der Waals surface area contributed by atoms with Gasteiger partial charge in [0.2, 0.25) is 11.8 Å². The highest BCUT2D eigenvalue weighted by Crippen LogP contribution is 2.35. The first-order valence-electron chi connectivity index (χ1n) is 10.3. The Morgan fingerprint density at radius 2 is 2.23 bits per heavy atom. The van der Waals surface area contributed by atoms with Crippen LogP contribution >= 0.6 is 11.3 Å². The minimum atomic E-state index is -0.0668. The molecule has 31 heavy (non-hydrogen) atoms. The zero-order valence-corrected chi connectivity index (χ0v) is 18.8. The van der Waals surface area contributed by atoms with Gasteiger partial charge in [-0.05, 0) is 37.0 Å². The fourth-order valence-corrected chi connectivity index (χ4v) is 4.80. The first-order chi connectivity index (χ1) is 15.1. The number of rotatable bonds is 7. The number of carbonyl (C=O) groups excluding carboxylic acids is 1. The summed E-state index contributed by atoms with van der Waals surface area (Å²) in [6.45, 7) is 4.46. The molecular weight excluding hydrogens is 416 g/mol. The van der Waals surface area contributed by atoms with Crippen molar-refractivity contribution in [1.29, 1.82) is 0 Å². The number of nitrogens with zero attached hydrogens (tertiary/aromatic N) is 4. The van der Waals surface area contributed by atoms with Crippen LogP contribution in [-0.4, -0.2) is 59.7 Å². The van der Waals surface area contributed by atoms with Crippen molar-refractivity contribution in [2.75, 3.05) is 34.0 Å². The van der Waals surface area contributed by atoms with Gasteiger partial charge in [0.05, 0.1) is 30.6 Å².